The highest BCUT2D eigenvalue weighted by molar-refractivity contribution is 7.18. The number of nitrogens with zero attached hydrogens (tertiary/aromatic N) is 2. The highest BCUT2D eigenvalue weighted by atomic mass is 32.1. The monoisotopic (exact) mass is 509 g/mol. The Labute approximate surface area is 211 Å². The van der Waals surface area contributed by atoms with Crippen molar-refractivity contribution >= 4 is 45.4 Å². The van der Waals surface area contributed by atoms with Gasteiger partial charge in [-0.2, -0.15) is 0 Å². The average molecular weight is 510 g/mol. The van der Waals surface area contributed by atoms with E-state index in [1.165, 1.54) is 18.3 Å². The largest absolute Gasteiger partial charge is 0.352 e. The van der Waals surface area contributed by atoms with Crippen LogP contribution in [0.3, 0.4) is 0 Å². The number of aromatic nitrogens is 1. The molecule has 1 aromatic carbocycles. The molecule has 8 nitrogen and oxygen atoms in total. The lowest BCUT2D eigenvalue weighted by atomic mass is 10.0. The molecule has 5 rings (SSSR count). The number of benzene rings is 1. The first kappa shape index (κ1) is 23.7. The summed E-state index contributed by atoms with van der Waals surface area (Å²) in [6, 6.07) is 11.6. The van der Waals surface area contributed by atoms with E-state index >= 15 is 0 Å². The molecule has 2 fully saturated rings. The Morgan fingerprint density at radius 2 is 1.91 bits per heavy atom. The normalized spacial score (nSPS) is 17.7. The zero-order chi connectivity index (χ0) is 24.4. The van der Waals surface area contributed by atoms with E-state index in [9.17, 15) is 14.4 Å². The van der Waals surface area contributed by atoms with Gasteiger partial charge in [0.25, 0.3) is 5.91 Å². The number of rotatable bonds is 7. The maximum absolute atomic E-state index is 12.9. The van der Waals surface area contributed by atoms with E-state index in [-0.39, 0.29) is 29.7 Å². The second-order valence-corrected chi connectivity index (χ2v) is 11.0. The van der Waals surface area contributed by atoms with Crippen molar-refractivity contribution in [3.05, 3.63) is 58.0 Å². The van der Waals surface area contributed by atoms with Gasteiger partial charge < -0.3 is 20.9 Å². The molecule has 3 amide bonds. The summed E-state index contributed by atoms with van der Waals surface area (Å²) in [4.78, 5) is 44.4. The third-order valence-electron chi connectivity index (χ3n) is 6.26. The summed E-state index contributed by atoms with van der Waals surface area (Å²) in [6.45, 7) is 4.19. The van der Waals surface area contributed by atoms with Gasteiger partial charge in [0.05, 0.1) is 25.8 Å². The highest BCUT2D eigenvalue weighted by Crippen LogP contribution is 2.36. The van der Waals surface area contributed by atoms with E-state index < -0.39 is 0 Å². The summed E-state index contributed by atoms with van der Waals surface area (Å²) in [5.74, 6) is 0.160. The third kappa shape index (κ3) is 5.44. The van der Waals surface area contributed by atoms with Gasteiger partial charge in [-0.3, -0.25) is 14.4 Å². The molecular weight excluding hydrogens is 482 g/mol. The van der Waals surface area contributed by atoms with Crippen molar-refractivity contribution in [1.29, 1.82) is 0 Å². The van der Waals surface area contributed by atoms with Crippen molar-refractivity contribution in [2.75, 3.05) is 25.0 Å². The van der Waals surface area contributed by atoms with E-state index in [2.05, 4.69) is 20.9 Å². The molecule has 0 radical (unpaired) electrons. The Bertz CT molecular complexity index is 1220. The van der Waals surface area contributed by atoms with Crippen molar-refractivity contribution < 1.29 is 14.4 Å². The smallest absolute Gasteiger partial charge is 0.264 e. The van der Waals surface area contributed by atoms with Crippen LogP contribution >= 0.6 is 22.7 Å². The molecule has 0 saturated carbocycles. The van der Waals surface area contributed by atoms with Crippen LogP contribution in [0.25, 0.3) is 10.4 Å². The molecule has 0 bridgehead atoms. The number of thiazole rings is 1. The van der Waals surface area contributed by atoms with Crippen molar-refractivity contribution in [1.82, 2.24) is 20.5 Å². The molecule has 2 aliphatic rings. The van der Waals surface area contributed by atoms with Crippen LogP contribution in [0, 0.1) is 0 Å². The summed E-state index contributed by atoms with van der Waals surface area (Å²) >= 11 is 2.98. The fraction of sp³-hybridized carbons (Fsp3) is 0.360. The second kappa shape index (κ2) is 10.3. The van der Waals surface area contributed by atoms with Gasteiger partial charge in [0, 0.05) is 38.7 Å². The van der Waals surface area contributed by atoms with Gasteiger partial charge in [-0.25, -0.2) is 4.98 Å². The molecular formula is C25H27N5O3S2. The maximum atomic E-state index is 12.9. The number of thiophene rings is 1. The molecule has 3 N–H and O–H groups in total. The van der Waals surface area contributed by atoms with Gasteiger partial charge in [0.2, 0.25) is 11.8 Å². The van der Waals surface area contributed by atoms with Gasteiger partial charge in [-0.05, 0) is 42.6 Å². The van der Waals surface area contributed by atoms with Crippen LogP contribution in [0.4, 0.5) is 5.00 Å². The topological polar surface area (TPSA) is 103 Å². The standard InChI is InChI=1S/C25H27N5O3S2/c1-15(31)27-11-16-4-6-17(7-5-16)21-12-28-24(35-21)18-13-30(14-18)25(33)20-8-9-22(34-20)29-23(32)19-3-2-10-26-19/h4-9,12,18-19,26H,2-3,10-11,13-14H2,1H3,(H,27,31)(H,29,32). The van der Waals surface area contributed by atoms with E-state index in [1.54, 1.807) is 23.5 Å². The van der Waals surface area contributed by atoms with Gasteiger partial charge >= 0.3 is 0 Å². The van der Waals surface area contributed by atoms with Crippen molar-refractivity contribution in [2.24, 2.45) is 0 Å². The lowest BCUT2D eigenvalue weighted by Crippen LogP contribution is -2.48. The second-order valence-electron chi connectivity index (χ2n) is 8.88. The number of nitrogens with one attached hydrogen (secondary N) is 3. The summed E-state index contributed by atoms with van der Waals surface area (Å²) in [5, 5.41) is 10.6. The van der Waals surface area contributed by atoms with Crippen LogP contribution in [-0.4, -0.2) is 53.3 Å². The summed E-state index contributed by atoms with van der Waals surface area (Å²) in [7, 11) is 0. The van der Waals surface area contributed by atoms with Crippen LogP contribution in [0.15, 0.2) is 42.6 Å². The Morgan fingerprint density at radius 1 is 1.11 bits per heavy atom. The van der Waals surface area contributed by atoms with Crippen LogP contribution in [0.1, 0.15) is 45.9 Å². The minimum Gasteiger partial charge on any atom is -0.352 e. The Balaban J connectivity index is 1.13. The van der Waals surface area contributed by atoms with E-state index in [4.69, 9.17) is 0 Å². The Morgan fingerprint density at radius 3 is 2.63 bits per heavy atom. The van der Waals surface area contributed by atoms with Crippen LogP contribution in [0.2, 0.25) is 0 Å². The zero-order valence-corrected chi connectivity index (χ0v) is 21.0. The number of anilines is 1. The molecule has 35 heavy (non-hydrogen) atoms. The number of hydrogen-bond donors (Lipinski definition) is 3. The van der Waals surface area contributed by atoms with Crippen LogP contribution in [-0.2, 0) is 16.1 Å². The first-order valence-corrected chi connectivity index (χ1v) is 13.3. The molecule has 0 spiro atoms. The Kier molecular flexibility index (Phi) is 6.94. The minimum atomic E-state index is -0.141. The zero-order valence-electron chi connectivity index (χ0n) is 19.4. The van der Waals surface area contributed by atoms with Gasteiger partial charge in [0.1, 0.15) is 0 Å². The van der Waals surface area contributed by atoms with E-state index in [1.807, 2.05) is 35.4 Å². The van der Waals surface area contributed by atoms with Crippen molar-refractivity contribution in [3.63, 3.8) is 0 Å². The van der Waals surface area contributed by atoms with Gasteiger partial charge in [0.15, 0.2) is 0 Å². The minimum absolute atomic E-state index is 0.00252. The number of likely N-dealkylation sites (tertiary alicyclic amines) is 1. The summed E-state index contributed by atoms with van der Waals surface area (Å²) < 4.78 is 0. The maximum Gasteiger partial charge on any atom is 0.264 e. The van der Waals surface area contributed by atoms with Crippen molar-refractivity contribution in [3.8, 4) is 10.4 Å². The number of carbonyl (C=O) groups is 3. The van der Waals surface area contributed by atoms with Crippen LogP contribution in [0.5, 0.6) is 0 Å². The molecule has 10 heteroatoms. The first-order valence-electron chi connectivity index (χ1n) is 11.7. The van der Waals surface area contributed by atoms with Crippen molar-refractivity contribution in [2.45, 2.75) is 38.3 Å². The molecule has 1 atom stereocenters. The fourth-order valence-corrected chi connectivity index (χ4v) is 6.10. The first-order chi connectivity index (χ1) is 17.0. The molecule has 2 aromatic heterocycles. The van der Waals surface area contributed by atoms with Gasteiger partial charge in [-0.15, -0.1) is 22.7 Å². The molecule has 182 valence electrons. The average Bonchev–Trinajstić information content (AvgIpc) is 3.59. The molecule has 2 aliphatic heterocycles. The molecule has 0 aliphatic carbocycles. The quantitative estimate of drug-likeness (QED) is 0.453. The van der Waals surface area contributed by atoms with E-state index in [0.717, 1.165) is 40.4 Å². The summed E-state index contributed by atoms with van der Waals surface area (Å²) in [5.41, 5.74) is 2.14. The number of amides is 3. The van der Waals surface area contributed by atoms with Crippen LogP contribution < -0.4 is 16.0 Å². The lowest BCUT2D eigenvalue weighted by molar-refractivity contribution is -0.119. The SMILES string of the molecule is CC(=O)NCc1ccc(-c2cnc(C3CN(C(=O)c4ccc(NC(=O)C5CCCN5)s4)C3)s2)cc1. The lowest BCUT2D eigenvalue weighted by Gasteiger charge is -2.37. The number of carbonyl (C=O) groups excluding carboxylic acids is 3. The fourth-order valence-electron chi connectivity index (χ4n) is 4.22. The Hall–Kier alpha value is -3.08. The predicted octanol–water partition coefficient (Wildman–Crippen LogP) is 3.44. The molecule has 4 heterocycles. The van der Waals surface area contributed by atoms with Gasteiger partial charge in [-0.1, -0.05) is 24.3 Å². The third-order valence-corrected chi connectivity index (χ3v) is 8.46. The summed E-state index contributed by atoms with van der Waals surface area (Å²) in [6.07, 6.45) is 3.75. The number of hydrogen-bond acceptors (Lipinski definition) is 7. The molecule has 2 saturated heterocycles. The van der Waals surface area contributed by atoms with E-state index in [0.29, 0.717) is 29.5 Å². The molecule has 1 unspecified atom stereocenters. The predicted molar refractivity (Wildman–Crippen MR) is 138 cm³/mol. The molecule has 3 aromatic rings. The highest BCUT2D eigenvalue weighted by Gasteiger charge is 2.35.